The van der Waals surface area contributed by atoms with Gasteiger partial charge in [-0.05, 0) is 65.8 Å². The van der Waals surface area contributed by atoms with Gasteiger partial charge in [0.05, 0.1) is 19.2 Å². The first-order valence-electron chi connectivity index (χ1n) is 9.15. The first-order chi connectivity index (χ1) is 12.5. The number of hydrogen-bond donors (Lipinski definition) is 2. The van der Waals surface area contributed by atoms with Crippen molar-refractivity contribution in [1.82, 2.24) is 15.5 Å². The van der Waals surface area contributed by atoms with Crippen molar-refractivity contribution < 1.29 is 19.1 Å². The van der Waals surface area contributed by atoms with Crippen LogP contribution in [0, 0.1) is 0 Å². The Morgan fingerprint density at radius 2 is 1.70 bits per heavy atom. The van der Waals surface area contributed by atoms with Gasteiger partial charge in [0.15, 0.2) is 0 Å². The van der Waals surface area contributed by atoms with Gasteiger partial charge in [0.1, 0.15) is 5.75 Å². The minimum atomic E-state index is -0.362. The molecule has 2 N–H and O–H groups in total. The summed E-state index contributed by atoms with van der Waals surface area (Å²) in [4.78, 5) is 37.9. The van der Waals surface area contributed by atoms with Gasteiger partial charge < -0.3 is 20.3 Å². The third-order valence-corrected chi connectivity index (χ3v) is 3.47. The van der Waals surface area contributed by atoms with Crippen LogP contribution in [0.25, 0.3) is 0 Å². The van der Waals surface area contributed by atoms with Crippen molar-refractivity contribution in [3.05, 3.63) is 29.8 Å². The number of amides is 3. The molecule has 0 heterocycles. The van der Waals surface area contributed by atoms with Crippen LogP contribution in [0.4, 0.5) is 0 Å². The highest BCUT2D eigenvalue weighted by atomic mass is 16.5. The number of carbonyl (C=O) groups excluding carboxylic acids is 3. The molecular weight excluding hydrogens is 346 g/mol. The van der Waals surface area contributed by atoms with E-state index in [9.17, 15) is 14.4 Å². The van der Waals surface area contributed by atoms with Crippen molar-refractivity contribution in [3.8, 4) is 5.75 Å². The summed E-state index contributed by atoms with van der Waals surface area (Å²) in [5.41, 5.74) is 0.0755. The van der Waals surface area contributed by atoms with Gasteiger partial charge in [-0.25, -0.2) is 0 Å². The lowest BCUT2D eigenvalue weighted by molar-refractivity contribution is -0.135. The number of nitrogens with zero attached hydrogens (tertiary/aromatic N) is 1. The Hall–Kier alpha value is -2.57. The zero-order chi connectivity index (χ0) is 20.6. The fourth-order valence-corrected chi connectivity index (χ4v) is 2.33. The summed E-state index contributed by atoms with van der Waals surface area (Å²) >= 11 is 0. The minimum absolute atomic E-state index is 0.0380. The van der Waals surface area contributed by atoms with Crippen LogP contribution in [-0.2, 0) is 9.59 Å². The van der Waals surface area contributed by atoms with Crippen LogP contribution in [0.3, 0.4) is 0 Å². The molecule has 0 saturated carbocycles. The molecule has 0 aromatic heterocycles. The first-order valence-corrected chi connectivity index (χ1v) is 9.15. The molecule has 0 unspecified atom stereocenters. The molecule has 0 atom stereocenters. The van der Waals surface area contributed by atoms with E-state index in [1.165, 1.54) is 4.90 Å². The highest BCUT2D eigenvalue weighted by molar-refractivity contribution is 5.97. The van der Waals surface area contributed by atoms with E-state index in [0.29, 0.717) is 17.9 Å². The normalized spacial score (nSPS) is 11.1. The van der Waals surface area contributed by atoms with Crippen molar-refractivity contribution >= 4 is 17.7 Å². The molecule has 1 rings (SSSR count). The van der Waals surface area contributed by atoms with E-state index in [-0.39, 0.29) is 42.5 Å². The average molecular weight is 377 g/mol. The summed E-state index contributed by atoms with van der Waals surface area (Å²) < 4.78 is 5.53. The third kappa shape index (κ3) is 8.57. The fraction of sp³-hybridized carbons (Fsp3) is 0.550. The largest absolute Gasteiger partial charge is 0.491 e. The van der Waals surface area contributed by atoms with E-state index in [4.69, 9.17) is 4.74 Å². The topological polar surface area (TPSA) is 87.7 Å². The second-order valence-corrected chi connectivity index (χ2v) is 7.58. The third-order valence-electron chi connectivity index (χ3n) is 3.47. The van der Waals surface area contributed by atoms with Crippen molar-refractivity contribution in [3.63, 3.8) is 0 Å². The number of ether oxygens (including phenoxy) is 1. The van der Waals surface area contributed by atoms with E-state index in [1.807, 2.05) is 34.6 Å². The standard InChI is InChI=1S/C20H31N3O4/c1-7-23(13-17(24)22-20(4,5)6)18(25)12-21-19(26)15-8-10-16(11-9-15)27-14(2)3/h8-11,14H,7,12-13H2,1-6H3,(H,21,26)(H,22,24). The van der Waals surface area contributed by atoms with Crippen molar-refractivity contribution in [2.75, 3.05) is 19.6 Å². The monoisotopic (exact) mass is 377 g/mol. The van der Waals surface area contributed by atoms with Gasteiger partial charge in [-0.2, -0.15) is 0 Å². The Morgan fingerprint density at radius 1 is 1.11 bits per heavy atom. The number of benzene rings is 1. The number of nitrogens with one attached hydrogen (secondary N) is 2. The average Bonchev–Trinajstić information content (AvgIpc) is 2.55. The SMILES string of the molecule is CCN(CC(=O)NC(C)(C)C)C(=O)CNC(=O)c1ccc(OC(C)C)cc1. The molecular formula is C20H31N3O4. The van der Waals surface area contributed by atoms with Crippen LogP contribution >= 0.6 is 0 Å². The fourth-order valence-electron chi connectivity index (χ4n) is 2.33. The summed E-state index contributed by atoms with van der Waals surface area (Å²) in [5.74, 6) is -0.214. The number of carbonyl (C=O) groups is 3. The minimum Gasteiger partial charge on any atom is -0.491 e. The highest BCUT2D eigenvalue weighted by Crippen LogP contribution is 2.13. The molecule has 0 saturated heterocycles. The van der Waals surface area contributed by atoms with E-state index < -0.39 is 0 Å². The first kappa shape index (κ1) is 22.5. The molecule has 0 bridgehead atoms. The van der Waals surface area contributed by atoms with Gasteiger partial charge in [-0.1, -0.05) is 0 Å². The van der Waals surface area contributed by atoms with Crippen LogP contribution < -0.4 is 15.4 Å². The predicted octanol–water partition coefficient (Wildman–Crippen LogP) is 1.97. The molecule has 0 aliphatic carbocycles. The van der Waals surface area contributed by atoms with Crippen molar-refractivity contribution in [2.45, 2.75) is 53.2 Å². The maximum atomic E-state index is 12.3. The molecule has 1 aromatic rings. The van der Waals surface area contributed by atoms with Crippen LogP contribution in [0.15, 0.2) is 24.3 Å². The Balaban J connectivity index is 2.55. The molecule has 0 aliphatic rings. The Labute approximate surface area is 161 Å². The van der Waals surface area contributed by atoms with Crippen LogP contribution in [-0.4, -0.2) is 53.9 Å². The molecule has 0 fully saturated rings. The van der Waals surface area contributed by atoms with Gasteiger partial charge in [0, 0.05) is 17.6 Å². The lowest BCUT2D eigenvalue weighted by atomic mass is 10.1. The Morgan fingerprint density at radius 3 is 2.19 bits per heavy atom. The molecule has 0 aliphatic heterocycles. The molecule has 0 spiro atoms. The van der Waals surface area contributed by atoms with Crippen LogP contribution in [0.5, 0.6) is 5.75 Å². The van der Waals surface area contributed by atoms with Crippen molar-refractivity contribution in [2.24, 2.45) is 0 Å². The zero-order valence-electron chi connectivity index (χ0n) is 17.1. The van der Waals surface area contributed by atoms with Gasteiger partial charge in [-0.3, -0.25) is 14.4 Å². The second-order valence-electron chi connectivity index (χ2n) is 7.58. The molecule has 27 heavy (non-hydrogen) atoms. The van der Waals surface area contributed by atoms with Gasteiger partial charge in [0.25, 0.3) is 5.91 Å². The lowest BCUT2D eigenvalue weighted by Gasteiger charge is -2.25. The summed E-state index contributed by atoms with van der Waals surface area (Å²) in [7, 11) is 0. The molecule has 3 amide bonds. The molecule has 0 radical (unpaired) electrons. The van der Waals surface area contributed by atoms with E-state index in [0.717, 1.165) is 0 Å². The maximum Gasteiger partial charge on any atom is 0.251 e. The quantitative estimate of drug-likeness (QED) is 0.725. The number of likely N-dealkylation sites (N-methyl/N-ethyl adjacent to an activating group) is 1. The van der Waals surface area contributed by atoms with Crippen LogP contribution in [0.1, 0.15) is 51.9 Å². The number of hydrogen-bond acceptors (Lipinski definition) is 4. The summed E-state index contributed by atoms with van der Waals surface area (Å²) in [6, 6.07) is 6.72. The van der Waals surface area contributed by atoms with Gasteiger partial charge >= 0.3 is 0 Å². The summed E-state index contributed by atoms with van der Waals surface area (Å²) in [6.07, 6.45) is 0.0535. The summed E-state index contributed by atoms with van der Waals surface area (Å²) in [6.45, 7) is 11.4. The molecule has 7 nitrogen and oxygen atoms in total. The highest BCUT2D eigenvalue weighted by Gasteiger charge is 2.20. The van der Waals surface area contributed by atoms with Crippen LogP contribution in [0.2, 0.25) is 0 Å². The maximum absolute atomic E-state index is 12.3. The van der Waals surface area contributed by atoms with E-state index in [1.54, 1.807) is 31.2 Å². The number of rotatable bonds is 8. The molecule has 150 valence electrons. The molecule has 7 heteroatoms. The lowest BCUT2D eigenvalue weighted by Crippen LogP contribution is -2.49. The van der Waals surface area contributed by atoms with Gasteiger partial charge in [-0.15, -0.1) is 0 Å². The second kappa shape index (κ2) is 9.94. The van der Waals surface area contributed by atoms with Gasteiger partial charge in [0.2, 0.25) is 11.8 Å². The Bertz CT molecular complexity index is 648. The molecule has 1 aromatic carbocycles. The smallest absolute Gasteiger partial charge is 0.251 e. The van der Waals surface area contributed by atoms with Crippen molar-refractivity contribution in [1.29, 1.82) is 0 Å². The Kier molecular flexibility index (Phi) is 8.28. The zero-order valence-corrected chi connectivity index (χ0v) is 17.1. The predicted molar refractivity (Wildman–Crippen MR) is 105 cm³/mol. The van der Waals surface area contributed by atoms with E-state index in [2.05, 4.69) is 10.6 Å². The summed E-state index contributed by atoms with van der Waals surface area (Å²) in [5, 5.41) is 5.41. The van der Waals surface area contributed by atoms with E-state index >= 15 is 0 Å².